The molecule has 0 saturated carbocycles. The molecule has 0 radical (unpaired) electrons. The molecular formula is C12H12ClFO3. The molecule has 0 amide bonds. The number of fused-ring (bicyclic) bond motifs is 1. The van der Waals surface area contributed by atoms with Crippen molar-refractivity contribution in [3.8, 4) is 0 Å². The number of aliphatic hydroxyl groups is 1. The second kappa shape index (κ2) is 4.27. The largest absolute Gasteiger partial charge is 0.481 e. The van der Waals surface area contributed by atoms with Crippen LogP contribution in [0.4, 0.5) is 4.39 Å². The van der Waals surface area contributed by atoms with Gasteiger partial charge in [0.15, 0.2) is 0 Å². The van der Waals surface area contributed by atoms with Crippen molar-refractivity contribution in [3.63, 3.8) is 0 Å². The standard InChI is InChI=1S/C12H12ClFO3/c13-9-4-3-8-7(10(9)14)2-1-5-12(8,6-15)11(16)17/h3-4,15H,1-2,5-6H2,(H,16,17)/t12-/m1/s1. The third-order valence-corrected chi connectivity index (χ3v) is 3.71. The zero-order valence-corrected chi connectivity index (χ0v) is 9.80. The summed E-state index contributed by atoms with van der Waals surface area (Å²) in [7, 11) is 0. The maximum absolute atomic E-state index is 13.8. The Hall–Kier alpha value is -1.13. The van der Waals surface area contributed by atoms with E-state index in [9.17, 15) is 19.4 Å². The lowest BCUT2D eigenvalue weighted by Crippen LogP contribution is -2.42. The van der Waals surface area contributed by atoms with Gasteiger partial charge in [0.1, 0.15) is 11.2 Å². The van der Waals surface area contributed by atoms with E-state index in [1.54, 1.807) is 0 Å². The van der Waals surface area contributed by atoms with E-state index in [1.807, 2.05) is 0 Å². The van der Waals surface area contributed by atoms with Gasteiger partial charge in [-0.1, -0.05) is 17.7 Å². The summed E-state index contributed by atoms with van der Waals surface area (Å²) in [5, 5.41) is 18.7. The minimum Gasteiger partial charge on any atom is -0.481 e. The Bertz CT molecular complexity index is 475. The Labute approximate surface area is 103 Å². The van der Waals surface area contributed by atoms with Gasteiger partial charge in [-0.25, -0.2) is 4.39 Å². The highest BCUT2D eigenvalue weighted by molar-refractivity contribution is 6.30. The Morgan fingerprint density at radius 1 is 1.53 bits per heavy atom. The number of carboxylic acid groups (broad SMARTS) is 1. The summed E-state index contributed by atoms with van der Waals surface area (Å²) >= 11 is 5.68. The van der Waals surface area contributed by atoms with Crippen molar-refractivity contribution in [3.05, 3.63) is 34.1 Å². The van der Waals surface area contributed by atoms with Crippen LogP contribution in [0.1, 0.15) is 24.0 Å². The summed E-state index contributed by atoms with van der Waals surface area (Å²) < 4.78 is 13.8. The van der Waals surface area contributed by atoms with Crippen LogP contribution < -0.4 is 0 Å². The molecule has 0 unspecified atom stereocenters. The summed E-state index contributed by atoms with van der Waals surface area (Å²) in [4.78, 5) is 11.4. The van der Waals surface area contributed by atoms with Crippen molar-refractivity contribution in [1.82, 2.24) is 0 Å². The average molecular weight is 259 g/mol. The van der Waals surface area contributed by atoms with Gasteiger partial charge < -0.3 is 10.2 Å². The first-order valence-electron chi connectivity index (χ1n) is 5.34. The minimum atomic E-state index is -1.39. The van der Waals surface area contributed by atoms with Gasteiger partial charge >= 0.3 is 5.97 Å². The van der Waals surface area contributed by atoms with Crippen LogP contribution in [0.2, 0.25) is 5.02 Å². The molecule has 0 aliphatic heterocycles. The number of aliphatic carboxylic acids is 1. The molecule has 92 valence electrons. The number of aliphatic hydroxyl groups excluding tert-OH is 1. The number of rotatable bonds is 2. The van der Waals surface area contributed by atoms with Crippen LogP contribution in [0.5, 0.6) is 0 Å². The lowest BCUT2D eigenvalue weighted by molar-refractivity contribution is -0.146. The minimum absolute atomic E-state index is 0.0112. The summed E-state index contributed by atoms with van der Waals surface area (Å²) in [6.45, 7) is -0.531. The van der Waals surface area contributed by atoms with Crippen LogP contribution in [0.25, 0.3) is 0 Å². The number of halogens is 2. The number of benzene rings is 1. The van der Waals surface area contributed by atoms with Gasteiger partial charge in [0.25, 0.3) is 0 Å². The lowest BCUT2D eigenvalue weighted by Gasteiger charge is -2.34. The highest BCUT2D eigenvalue weighted by atomic mass is 35.5. The molecule has 3 nitrogen and oxygen atoms in total. The van der Waals surface area contributed by atoms with E-state index in [2.05, 4.69) is 0 Å². The molecule has 17 heavy (non-hydrogen) atoms. The molecule has 1 aliphatic carbocycles. The fourth-order valence-corrected chi connectivity index (χ4v) is 2.62. The Morgan fingerprint density at radius 2 is 2.24 bits per heavy atom. The van der Waals surface area contributed by atoms with Gasteiger partial charge in [-0.15, -0.1) is 0 Å². The average Bonchev–Trinajstić information content (AvgIpc) is 2.33. The molecule has 2 rings (SSSR count). The van der Waals surface area contributed by atoms with Gasteiger partial charge in [-0.3, -0.25) is 4.79 Å². The monoisotopic (exact) mass is 258 g/mol. The van der Waals surface area contributed by atoms with E-state index >= 15 is 0 Å². The van der Waals surface area contributed by atoms with Crippen molar-refractivity contribution >= 4 is 17.6 Å². The zero-order valence-electron chi connectivity index (χ0n) is 9.04. The van der Waals surface area contributed by atoms with Crippen LogP contribution in [-0.2, 0) is 16.6 Å². The van der Waals surface area contributed by atoms with Crippen molar-refractivity contribution in [2.75, 3.05) is 6.61 Å². The second-order valence-corrected chi connectivity index (χ2v) is 4.69. The molecule has 0 fully saturated rings. The highest BCUT2D eigenvalue weighted by Gasteiger charge is 2.44. The van der Waals surface area contributed by atoms with Gasteiger partial charge in [-0.05, 0) is 36.5 Å². The van der Waals surface area contributed by atoms with Gasteiger partial charge in [0.2, 0.25) is 0 Å². The fourth-order valence-electron chi connectivity index (χ4n) is 2.44. The van der Waals surface area contributed by atoms with E-state index in [-0.39, 0.29) is 5.02 Å². The quantitative estimate of drug-likeness (QED) is 0.854. The van der Waals surface area contributed by atoms with Crippen molar-refractivity contribution < 1.29 is 19.4 Å². The third-order valence-electron chi connectivity index (χ3n) is 3.42. The van der Waals surface area contributed by atoms with Crippen LogP contribution in [-0.4, -0.2) is 22.8 Å². The summed E-state index contributed by atoms with van der Waals surface area (Å²) in [5.74, 6) is -1.69. The topological polar surface area (TPSA) is 57.5 Å². The van der Waals surface area contributed by atoms with Crippen molar-refractivity contribution in [1.29, 1.82) is 0 Å². The molecule has 0 aromatic heterocycles. The second-order valence-electron chi connectivity index (χ2n) is 4.29. The number of hydrogen-bond acceptors (Lipinski definition) is 2. The Morgan fingerprint density at radius 3 is 2.82 bits per heavy atom. The molecular weight excluding hydrogens is 247 g/mol. The van der Waals surface area contributed by atoms with Crippen molar-refractivity contribution in [2.24, 2.45) is 0 Å². The van der Waals surface area contributed by atoms with Crippen LogP contribution in [0.3, 0.4) is 0 Å². The van der Waals surface area contributed by atoms with E-state index in [1.165, 1.54) is 12.1 Å². The molecule has 0 spiro atoms. The predicted molar refractivity (Wildman–Crippen MR) is 60.7 cm³/mol. The van der Waals surface area contributed by atoms with E-state index in [0.717, 1.165) is 0 Å². The maximum atomic E-state index is 13.8. The van der Waals surface area contributed by atoms with Crippen LogP contribution in [0, 0.1) is 5.82 Å². The number of hydrogen-bond donors (Lipinski definition) is 2. The summed E-state index contributed by atoms with van der Waals surface area (Å²) in [5.41, 5.74) is -0.722. The van der Waals surface area contributed by atoms with Gasteiger partial charge in [-0.2, -0.15) is 0 Å². The molecule has 5 heteroatoms. The fraction of sp³-hybridized carbons (Fsp3) is 0.417. The molecule has 0 bridgehead atoms. The Kier molecular flexibility index (Phi) is 3.10. The predicted octanol–water partition coefficient (Wildman–Crippen LogP) is 2.13. The third kappa shape index (κ3) is 1.72. The maximum Gasteiger partial charge on any atom is 0.316 e. The van der Waals surface area contributed by atoms with E-state index < -0.39 is 23.8 Å². The van der Waals surface area contributed by atoms with Crippen LogP contribution in [0.15, 0.2) is 12.1 Å². The van der Waals surface area contributed by atoms with E-state index in [4.69, 9.17) is 11.6 Å². The number of carbonyl (C=O) groups is 1. The SMILES string of the molecule is O=C(O)[C@@]1(CO)CCCc2c1ccc(Cl)c2F. The van der Waals surface area contributed by atoms with Gasteiger partial charge in [0.05, 0.1) is 11.6 Å². The normalized spacial score (nSPS) is 23.2. The molecule has 0 heterocycles. The molecule has 1 aromatic rings. The smallest absolute Gasteiger partial charge is 0.316 e. The van der Waals surface area contributed by atoms with Gasteiger partial charge in [0, 0.05) is 0 Å². The lowest BCUT2D eigenvalue weighted by atomic mass is 9.70. The molecule has 1 atom stereocenters. The van der Waals surface area contributed by atoms with E-state index in [0.29, 0.717) is 30.4 Å². The molecule has 1 aliphatic rings. The summed E-state index contributed by atoms with van der Waals surface area (Å²) in [6, 6.07) is 2.85. The first-order valence-corrected chi connectivity index (χ1v) is 5.72. The van der Waals surface area contributed by atoms with Crippen LogP contribution >= 0.6 is 11.6 Å². The highest BCUT2D eigenvalue weighted by Crippen LogP contribution is 2.40. The molecule has 0 saturated heterocycles. The zero-order chi connectivity index (χ0) is 12.6. The first kappa shape index (κ1) is 12.3. The molecule has 2 N–H and O–H groups in total. The first-order chi connectivity index (χ1) is 8.03. The van der Waals surface area contributed by atoms with Crippen molar-refractivity contribution in [2.45, 2.75) is 24.7 Å². The summed E-state index contributed by atoms with van der Waals surface area (Å²) in [6.07, 6.45) is 1.29. The Balaban J connectivity index is 2.67. The molecule has 1 aromatic carbocycles. The number of carboxylic acids is 1.